The Hall–Kier alpha value is -2.26. The van der Waals surface area contributed by atoms with Crippen molar-refractivity contribution in [2.24, 2.45) is 7.05 Å². The molecule has 1 aromatic heterocycles. The Balaban J connectivity index is 2.30. The molecule has 0 spiro atoms. The van der Waals surface area contributed by atoms with Gasteiger partial charge in [0, 0.05) is 18.2 Å². The first-order chi connectivity index (χ1) is 10.1. The summed E-state index contributed by atoms with van der Waals surface area (Å²) in [6.45, 7) is 3.91. The summed E-state index contributed by atoms with van der Waals surface area (Å²) in [5.41, 5.74) is 2.90. The Morgan fingerprint density at radius 2 is 2.10 bits per heavy atom. The number of rotatable bonds is 3. The second-order valence-electron chi connectivity index (χ2n) is 4.83. The minimum Gasteiger partial charge on any atom is -0.497 e. The van der Waals surface area contributed by atoms with Crippen LogP contribution in [-0.4, -0.2) is 16.9 Å². The molecular formula is C17H15ClN2O. The topological polar surface area (TPSA) is 27.1 Å². The van der Waals surface area contributed by atoms with E-state index in [0.29, 0.717) is 10.8 Å². The van der Waals surface area contributed by atoms with E-state index in [-0.39, 0.29) is 0 Å². The number of halogens is 1. The zero-order chi connectivity index (χ0) is 15.0. The van der Waals surface area contributed by atoms with Crippen molar-refractivity contribution in [3.05, 3.63) is 59.8 Å². The van der Waals surface area contributed by atoms with Crippen molar-refractivity contribution in [3.63, 3.8) is 0 Å². The highest BCUT2D eigenvalue weighted by Crippen LogP contribution is 2.34. The highest BCUT2D eigenvalue weighted by molar-refractivity contribution is 6.33. The number of hydrogen-bond acceptors (Lipinski definition) is 2. The van der Waals surface area contributed by atoms with Gasteiger partial charge in [0.25, 0.3) is 0 Å². The molecule has 0 bridgehead atoms. The lowest BCUT2D eigenvalue weighted by Crippen LogP contribution is -1.95. The fourth-order valence-electron chi connectivity index (χ4n) is 2.48. The lowest BCUT2D eigenvalue weighted by Gasteiger charge is -2.10. The Labute approximate surface area is 128 Å². The van der Waals surface area contributed by atoms with Gasteiger partial charge in [-0.05, 0) is 16.8 Å². The van der Waals surface area contributed by atoms with Crippen LogP contribution in [0.15, 0.2) is 49.2 Å². The molecule has 3 aromatic rings. The molecule has 21 heavy (non-hydrogen) atoms. The van der Waals surface area contributed by atoms with Crippen LogP contribution < -0.4 is 0 Å². The third-order valence-corrected chi connectivity index (χ3v) is 3.88. The molecule has 0 saturated carbocycles. The summed E-state index contributed by atoms with van der Waals surface area (Å²) in [7, 11) is 3.51. The zero-order valence-corrected chi connectivity index (χ0v) is 12.7. The summed E-state index contributed by atoms with van der Waals surface area (Å²) in [5, 5.41) is 7.09. The standard InChI is InChI=1S/C17H15ClN2O/c1-11(21-3)13-8-7-12-5-4-6-14(15(12)9-13)17-16(18)10-19-20(17)2/h4-10H,1H2,2-3H3. The first-order valence-electron chi connectivity index (χ1n) is 6.55. The summed E-state index contributed by atoms with van der Waals surface area (Å²) >= 11 is 6.28. The van der Waals surface area contributed by atoms with Crippen molar-refractivity contribution in [1.29, 1.82) is 0 Å². The monoisotopic (exact) mass is 298 g/mol. The minimum absolute atomic E-state index is 0.640. The van der Waals surface area contributed by atoms with Crippen molar-refractivity contribution < 1.29 is 4.74 Å². The smallest absolute Gasteiger partial charge is 0.118 e. The van der Waals surface area contributed by atoms with Gasteiger partial charge in [-0.25, -0.2) is 0 Å². The summed E-state index contributed by atoms with van der Waals surface area (Å²) in [5.74, 6) is 0.641. The molecule has 0 amide bonds. The highest BCUT2D eigenvalue weighted by atomic mass is 35.5. The predicted molar refractivity (Wildman–Crippen MR) is 87.2 cm³/mol. The molecule has 0 unspecified atom stereocenters. The fourth-order valence-corrected chi connectivity index (χ4v) is 2.75. The lowest BCUT2D eigenvalue weighted by molar-refractivity contribution is 0.371. The van der Waals surface area contributed by atoms with E-state index in [9.17, 15) is 0 Å². The first kappa shape index (κ1) is 13.7. The molecule has 0 fully saturated rings. The maximum Gasteiger partial charge on any atom is 0.118 e. The molecule has 3 rings (SSSR count). The van der Waals surface area contributed by atoms with Crippen LogP contribution in [0, 0.1) is 0 Å². The maximum absolute atomic E-state index is 6.28. The van der Waals surface area contributed by atoms with Crippen LogP contribution in [0.2, 0.25) is 5.02 Å². The predicted octanol–water partition coefficient (Wildman–Crippen LogP) is 4.51. The van der Waals surface area contributed by atoms with Gasteiger partial charge in [0.05, 0.1) is 24.0 Å². The molecule has 0 aliphatic rings. The summed E-state index contributed by atoms with van der Waals surface area (Å²) in [6.07, 6.45) is 1.66. The van der Waals surface area contributed by atoms with Crippen LogP contribution in [0.5, 0.6) is 0 Å². The van der Waals surface area contributed by atoms with Gasteiger partial charge in [-0.15, -0.1) is 0 Å². The Morgan fingerprint density at radius 1 is 1.29 bits per heavy atom. The SMILES string of the molecule is C=C(OC)c1ccc2cccc(-c3c(Cl)cnn3C)c2c1. The third-order valence-electron chi connectivity index (χ3n) is 3.60. The minimum atomic E-state index is 0.640. The number of aromatic nitrogens is 2. The summed E-state index contributed by atoms with van der Waals surface area (Å²) < 4.78 is 7.01. The van der Waals surface area contributed by atoms with Crippen molar-refractivity contribution >= 4 is 28.1 Å². The van der Waals surface area contributed by atoms with E-state index < -0.39 is 0 Å². The van der Waals surface area contributed by atoms with Gasteiger partial charge in [0.1, 0.15) is 5.76 Å². The largest absolute Gasteiger partial charge is 0.497 e. The van der Waals surface area contributed by atoms with Crippen LogP contribution in [0.3, 0.4) is 0 Å². The van der Waals surface area contributed by atoms with Gasteiger partial charge in [-0.1, -0.05) is 48.5 Å². The molecule has 1 heterocycles. The van der Waals surface area contributed by atoms with E-state index in [4.69, 9.17) is 16.3 Å². The van der Waals surface area contributed by atoms with Gasteiger partial charge < -0.3 is 4.74 Å². The molecular weight excluding hydrogens is 284 g/mol. The maximum atomic E-state index is 6.28. The molecule has 0 N–H and O–H groups in total. The number of hydrogen-bond donors (Lipinski definition) is 0. The molecule has 4 heteroatoms. The van der Waals surface area contributed by atoms with Gasteiger partial charge in [-0.3, -0.25) is 4.68 Å². The first-order valence-corrected chi connectivity index (χ1v) is 6.93. The van der Waals surface area contributed by atoms with Gasteiger partial charge in [0.15, 0.2) is 0 Å². The normalized spacial score (nSPS) is 10.8. The highest BCUT2D eigenvalue weighted by Gasteiger charge is 2.13. The van der Waals surface area contributed by atoms with Gasteiger partial charge in [-0.2, -0.15) is 5.10 Å². The Kier molecular flexibility index (Phi) is 3.43. The van der Waals surface area contributed by atoms with E-state index in [1.54, 1.807) is 18.0 Å². The van der Waals surface area contributed by atoms with Crippen molar-refractivity contribution in [3.8, 4) is 11.3 Å². The number of fused-ring (bicyclic) bond motifs is 1. The van der Waals surface area contributed by atoms with Crippen molar-refractivity contribution in [2.45, 2.75) is 0 Å². The molecule has 0 aliphatic carbocycles. The lowest BCUT2D eigenvalue weighted by atomic mass is 9.99. The molecule has 0 atom stereocenters. The molecule has 3 nitrogen and oxygen atoms in total. The summed E-state index contributed by atoms with van der Waals surface area (Å²) in [4.78, 5) is 0. The number of benzene rings is 2. The van der Waals surface area contributed by atoms with Crippen molar-refractivity contribution in [2.75, 3.05) is 7.11 Å². The van der Waals surface area contributed by atoms with E-state index in [2.05, 4.69) is 29.9 Å². The number of methoxy groups -OCH3 is 1. The van der Waals surface area contributed by atoms with Gasteiger partial charge >= 0.3 is 0 Å². The van der Waals surface area contributed by atoms with Crippen LogP contribution in [0.25, 0.3) is 27.8 Å². The summed E-state index contributed by atoms with van der Waals surface area (Å²) in [6, 6.07) is 12.3. The second kappa shape index (κ2) is 5.26. The Bertz CT molecular complexity index is 816. The average Bonchev–Trinajstić information content (AvgIpc) is 2.84. The van der Waals surface area contributed by atoms with Gasteiger partial charge in [0.2, 0.25) is 0 Å². The van der Waals surface area contributed by atoms with E-state index in [1.165, 1.54) is 0 Å². The number of ether oxygens (including phenoxy) is 1. The molecule has 0 aliphatic heterocycles. The van der Waals surface area contributed by atoms with Crippen LogP contribution >= 0.6 is 11.6 Å². The quantitative estimate of drug-likeness (QED) is 0.665. The van der Waals surface area contributed by atoms with Crippen molar-refractivity contribution in [1.82, 2.24) is 9.78 Å². The van der Waals surface area contributed by atoms with E-state index >= 15 is 0 Å². The van der Waals surface area contributed by atoms with E-state index in [0.717, 1.165) is 27.6 Å². The number of nitrogens with zero attached hydrogens (tertiary/aromatic N) is 2. The Morgan fingerprint density at radius 3 is 2.76 bits per heavy atom. The third kappa shape index (κ3) is 2.30. The van der Waals surface area contributed by atoms with E-state index in [1.807, 2.05) is 25.2 Å². The molecule has 0 radical (unpaired) electrons. The zero-order valence-electron chi connectivity index (χ0n) is 11.9. The van der Waals surface area contributed by atoms with Crippen LogP contribution in [-0.2, 0) is 11.8 Å². The fraction of sp³-hybridized carbons (Fsp3) is 0.118. The molecule has 0 saturated heterocycles. The average molecular weight is 299 g/mol. The van der Waals surface area contributed by atoms with Crippen LogP contribution in [0.4, 0.5) is 0 Å². The second-order valence-corrected chi connectivity index (χ2v) is 5.24. The number of aryl methyl sites for hydroxylation is 1. The van der Waals surface area contributed by atoms with Crippen LogP contribution in [0.1, 0.15) is 5.56 Å². The molecule has 106 valence electrons. The molecule has 2 aromatic carbocycles.